The first-order chi connectivity index (χ1) is 17.3. The van der Waals surface area contributed by atoms with Crippen molar-refractivity contribution in [3.8, 4) is 0 Å². The van der Waals surface area contributed by atoms with Crippen LogP contribution in [0.3, 0.4) is 0 Å². The molecule has 0 saturated carbocycles. The Morgan fingerprint density at radius 1 is 1.18 bits per heavy atom. The molecule has 214 valence electrons. The summed E-state index contributed by atoms with van der Waals surface area (Å²) < 4.78 is 77.4. The van der Waals surface area contributed by atoms with Crippen molar-refractivity contribution in [2.75, 3.05) is 0 Å². The van der Waals surface area contributed by atoms with Crippen molar-refractivity contribution < 1.29 is 51.6 Å². The van der Waals surface area contributed by atoms with Gasteiger partial charge in [0, 0.05) is 12.6 Å². The fourth-order valence-electron chi connectivity index (χ4n) is 3.91. The van der Waals surface area contributed by atoms with Crippen LogP contribution in [0, 0.1) is 5.82 Å². The van der Waals surface area contributed by atoms with E-state index in [1.807, 2.05) is 0 Å². The zero-order valence-corrected chi connectivity index (χ0v) is 21.6. The molecule has 2 aromatic rings. The predicted molar refractivity (Wildman–Crippen MR) is 123 cm³/mol. The minimum Gasteiger partial charge on any atom is -0.388 e. The van der Waals surface area contributed by atoms with Crippen molar-refractivity contribution in [1.82, 2.24) is 14.5 Å². The molecule has 1 fully saturated rings. The summed E-state index contributed by atoms with van der Waals surface area (Å²) in [4.78, 5) is 40.1. The molecule has 1 aliphatic heterocycles. The molecule has 0 spiro atoms. The number of aromatic amines is 1. The van der Waals surface area contributed by atoms with Crippen molar-refractivity contribution in [2.24, 2.45) is 0 Å². The van der Waals surface area contributed by atoms with E-state index in [4.69, 9.17) is 9.26 Å². The van der Waals surface area contributed by atoms with Crippen LogP contribution in [0.15, 0.2) is 15.8 Å². The van der Waals surface area contributed by atoms with Gasteiger partial charge < -0.3 is 34.5 Å². The van der Waals surface area contributed by atoms with Gasteiger partial charge in [0.05, 0.1) is 17.1 Å². The largest absolute Gasteiger partial charge is 0.434 e. The first kappa shape index (κ1) is 30.3. The van der Waals surface area contributed by atoms with Gasteiger partial charge in [-0.25, -0.2) is 9.18 Å². The van der Waals surface area contributed by atoms with Crippen molar-refractivity contribution in [3.63, 3.8) is 0 Å². The Labute approximate surface area is 212 Å². The van der Waals surface area contributed by atoms with E-state index in [1.165, 1.54) is 13.8 Å². The number of alkyl halides is 3. The second-order valence-corrected chi connectivity index (χ2v) is 11.8. The van der Waals surface area contributed by atoms with E-state index >= 15 is 0 Å². The first-order valence-corrected chi connectivity index (χ1v) is 13.1. The summed E-state index contributed by atoms with van der Waals surface area (Å²) in [5.41, 5.74) is -7.37. The maximum absolute atomic E-state index is 14.1. The fourth-order valence-corrected chi connectivity index (χ4v) is 5.31. The molecule has 0 bridgehead atoms. The molecule has 38 heavy (non-hydrogen) atoms. The van der Waals surface area contributed by atoms with E-state index in [0.717, 1.165) is 6.92 Å². The van der Waals surface area contributed by atoms with Crippen LogP contribution in [-0.2, 0) is 20.0 Å². The van der Waals surface area contributed by atoms with Crippen molar-refractivity contribution in [1.29, 1.82) is 0 Å². The van der Waals surface area contributed by atoms with E-state index in [-0.39, 0.29) is 19.3 Å². The highest BCUT2D eigenvalue weighted by Gasteiger charge is 2.51. The van der Waals surface area contributed by atoms with E-state index < -0.39 is 82.9 Å². The molecule has 0 amide bonds. The standard InChI is InChI=1S/C21H28F4N3O9P/c1-5-19(3,37-38(34,35)20(4,33)6-2)7-10-13(30)14(31)17(36-10)28-8-9-12(29)11(22)15(21(23,24)25)26-16(9)27-18(28)32/h8,10,13-14,17,30-31,33H,5-7H2,1-4H3,(H,34,35)(H,26,27,32). The Morgan fingerprint density at radius 2 is 1.79 bits per heavy atom. The number of hydrogen-bond donors (Lipinski definition) is 5. The number of nitrogens with one attached hydrogen (secondary N) is 1. The zero-order valence-electron chi connectivity index (χ0n) is 20.7. The van der Waals surface area contributed by atoms with E-state index in [1.54, 1.807) is 11.9 Å². The van der Waals surface area contributed by atoms with Gasteiger partial charge in [-0.15, -0.1) is 0 Å². The Kier molecular flexibility index (Phi) is 8.05. The van der Waals surface area contributed by atoms with Crippen LogP contribution < -0.4 is 11.1 Å². The quantitative estimate of drug-likeness (QED) is 0.230. The van der Waals surface area contributed by atoms with Crippen molar-refractivity contribution in [3.05, 3.63) is 38.4 Å². The Bertz CT molecular complexity index is 1380. The van der Waals surface area contributed by atoms with E-state index in [0.29, 0.717) is 10.8 Å². The topological polar surface area (TPSA) is 184 Å². The van der Waals surface area contributed by atoms with Gasteiger partial charge in [-0.2, -0.15) is 18.2 Å². The predicted octanol–water partition coefficient (Wildman–Crippen LogP) is 1.74. The summed E-state index contributed by atoms with van der Waals surface area (Å²) in [6.07, 6.45) is -11.6. The number of nitrogens with zero attached hydrogens (tertiary/aromatic N) is 2. The highest BCUT2D eigenvalue weighted by molar-refractivity contribution is 7.54. The smallest absolute Gasteiger partial charge is 0.388 e. The first-order valence-electron chi connectivity index (χ1n) is 11.5. The molecule has 1 aliphatic rings. The average molecular weight is 573 g/mol. The normalized spacial score (nSPS) is 27.2. The maximum atomic E-state index is 14.1. The zero-order chi connectivity index (χ0) is 29.0. The highest BCUT2D eigenvalue weighted by Crippen LogP contribution is 2.59. The van der Waals surface area contributed by atoms with Crippen LogP contribution >= 0.6 is 7.60 Å². The van der Waals surface area contributed by atoms with Gasteiger partial charge in [-0.1, -0.05) is 13.8 Å². The number of aliphatic hydroxyl groups is 3. The third-order valence-electron chi connectivity index (χ3n) is 6.76. The number of aromatic nitrogens is 3. The lowest BCUT2D eigenvalue weighted by atomic mass is 9.93. The number of hydrogen-bond acceptors (Lipinski definition) is 9. The number of pyridine rings is 1. The number of rotatable bonds is 8. The second-order valence-electron chi connectivity index (χ2n) is 9.57. The molecule has 2 aromatic heterocycles. The highest BCUT2D eigenvalue weighted by atomic mass is 31.2. The number of halogens is 4. The summed E-state index contributed by atoms with van der Waals surface area (Å²) in [5.74, 6) is -2.16. The summed E-state index contributed by atoms with van der Waals surface area (Å²) in [5, 5.41) is 28.6. The molecule has 1 saturated heterocycles. The van der Waals surface area contributed by atoms with E-state index in [9.17, 15) is 51.9 Å². The molecule has 7 atom stereocenters. The summed E-state index contributed by atoms with van der Waals surface area (Å²) in [7, 11) is -4.62. The van der Waals surface area contributed by atoms with Gasteiger partial charge in [0.2, 0.25) is 5.43 Å². The van der Waals surface area contributed by atoms with Gasteiger partial charge >= 0.3 is 19.5 Å². The molecule has 3 rings (SSSR count). The number of ether oxygens (including phenoxy) is 1. The van der Waals surface area contributed by atoms with Crippen LogP contribution in [0.1, 0.15) is 58.9 Å². The lowest BCUT2D eigenvalue weighted by Gasteiger charge is -2.37. The SMILES string of the molecule is CCC(C)(CC1OC(n2cc3c(=O)c(F)c(C(F)(F)F)[nH]c3nc2=O)C(O)C1O)OP(=O)(O)C(C)(O)CC. The summed E-state index contributed by atoms with van der Waals surface area (Å²) >= 11 is 0. The Morgan fingerprint density at radius 3 is 2.32 bits per heavy atom. The molecule has 7 unspecified atom stereocenters. The number of H-pyrrole nitrogens is 1. The van der Waals surface area contributed by atoms with Gasteiger partial charge in [0.15, 0.2) is 23.1 Å². The number of fused-ring (bicyclic) bond motifs is 1. The van der Waals surface area contributed by atoms with Crippen molar-refractivity contribution in [2.45, 2.75) is 88.6 Å². The van der Waals surface area contributed by atoms with Crippen LogP contribution in [-0.4, -0.2) is 64.0 Å². The summed E-state index contributed by atoms with van der Waals surface area (Å²) in [6, 6.07) is 0. The molecular formula is C21H28F4N3O9P. The monoisotopic (exact) mass is 573 g/mol. The van der Waals surface area contributed by atoms with Crippen LogP contribution in [0.4, 0.5) is 17.6 Å². The third-order valence-corrected chi connectivity index (χ3v) is 8.98. The maximum Gasteiger partial charge on any atom is 0.434 e. The molecular weight excluding hydrogens is 545 g/mol. The van der Waals surface area contributed by atoms with Crippen LogP contribution in [0.2, 0.25) is 0 Å². The molecule has 12 nitrogen and oxygen atoms in total. The van der Waals surface area contributed by atoms with Crippen molar-refractivity contribution >= 4 is 18.6 Å². The minimum absolute atomic E-state index is 0.0817. The Hall–Kier alpha value is -2.20. The fraction of sp³-hybridized carbons (Fsp3) is 0.667. The van der Waals surface area contributed by atoms with Gasteiger partial charge in [-0.05, 0) is 26.7 Å². The van der Waals surface area contributed by atoms with Crippen LogP contribution in [0.25, 0.3) is 11.0 Å². The molecule has 0 radical (unpaired) electrons. The Balaban J connectivity index is 1.97. The van der Waals surface area contributed by atoms with Crippen LogP contribution in [0.5, 0.6) is 0 Å². The van der Waals surface area contributed by atoms with Gasteiger partial charge in [-0.3, -0.25) is 13.9 Å². The second kappa shape index (κ2) is 10.1. The molecule has 5 N–H and O–H groups in total. The molecule has 0 aliphatic carbocycles. The summed E-state index contributed by atoms with van der Waals surface area (Å²) in [6.45, 7) is 5.58. The van der Waals surface area contributed by atoms with Gasteiger partial charge in [0.25, 0.3) is 0 Å². The lowest BCUT2D eigenvalue weighted by Crippen LogP contribution is -2.40. The molecule has 17 heteroatoms. The molecule has 0 aromatic carbocycles. The van der Waals surface area contributed by atoms with E-state index in [2.05, 4.69) is 4.98 Å². The van der Waals surface area contributed by atoms with Gasteiger partial charge in [0.1, 0.15) is 17.9 Å². The minimum atomic E-state index is -5.27. The lowest BCUT2D eigenvalue weighted by molar-refractivity contribution is -0.143. The number of aliphatic hydroxyl groups excluding tert-OH is 2. The average Bonchev–Trinajstić information content (AvgIpc) is 3.07. The third kappa shape index (κ3) is 5.43. The molecule has 3 heterocycles.